The van der Waals surface area contributed by atoms with E-state index >= 15 is 0 Å². The van der Waals surface area contributed by atoms with Gasteiger partial charge in [0.15, 0.2) is 5.13 Å². The van der Waals surface area contributed by atoms with E-state index in [-0.39, 0.29) is 11.8 Å². The van der Waals surface area contributed by atoms with Crippen molar-refractivity contribution in [2.45, 2.75) is 13.5 Å². The molecule has 2 amide bonds. The normalized spacial score (nSPS) is 10.3. The molecule has 0 aliphatic rings. The molecule has 1 aromatic carbocycles. The van der Waals surface area contributed by atoms with Gasteiger partial charge in [-0.3, -0.25) is 14.9 Å². The third-order valence-electron chi connectivity index (χ3n) is 3.59. The molecular weight excluding hydrogens is 366 g/mol. The largest absolute Gasteiger partial charge is 0.348 e. The fourth-order valence-corrected chi connectivity index (χ4v) is 3.83. The lowest BCUT2D eigenvalue weighted by Gasteiger charge is -2.05. The van der Waals surface area contributed by atoms with Gasteiger partial charge in [-0.15, -0.1) is 22.7 Å². The molecule has 3 aromatic rings. The molecule has 0 saturated carbocycles. The van der Waals surface area contributed by atoms with Crippen LogP contribution in [0.1, 0.15) is 20.8 Å². The van der Waals surface area contributed by atoms with Crippen molar-refractivity contribution in [3.8, 4) is 10.6 Å². The van der Waals surface area contributed by atoms with E-state index in [2.05, 4.69) is 35.2 Å². The van der Waals surface area contributed by atoms with Gasteiger partial charge in [0.05, 0.1) is 10.6 Å². The van der Waals surface area contributed by atoms with Crippen molar-refractivity contribution >= 4 is 39.6 Å². The first-order valence-electron chi connectivity index (χ1n) is 7.88. The fourth-order valence-electron chi connectivity index (χ4n) is 2.22. The molecule has 0 aliphatic carbocycles. The van der Waals surface area contributed by atoms with Gasteiger partial charge in [0.2, 0.25) is 5.91 Å². The van der Waals surface area contributed by atoms with E-state index in [1.807, 2.05) is 11.4 Å². The van der Waals surface area contributed by atoms with Crippen LogP contribution in [0.25, 0.3) is 10.6 Å². The lowest BCUT2D eigenvalue weighted by atomic mass is 10.1. The Balaban J connectivity index is 1.62. The van der Waals surface area contributed by atoms with E-state index in [1.165, 1.54) is 22.3 Å². The van der Waals surface area contributed by atoms with Gasteiger partial charge in [0.1, 0.15) is 0 Å². The highest BCUT2D eigenvalue weighted by molar-refractivity contribution is 7.17. The molecule has 0 bridgehead atoms. The Morgan fingerprint density at radius 1 is 1.19 bits per heavy atom. The quantitative estimate of drug-likeness (QED) is 0.626. The Bertz CT molecular complexity index is 942. The van der Waals surface area contributed by atoms with Crippen LogP contribution < -0.4 is 10.6 Å². The van der Waals surface area contributed by atoms with E-state index in [0.717, 1.165) is 16.1 Å². The van der Waals surface area contributed by atoms with Gasteiger partial charge in [0, 0.05) is 22.4 Å². The molecule has 132 valence electrons. The zero-order valence-corrected chi connectivity index (χ0v) is 15.7. The van der Waals surface area contributed by atoms with Crippen LogP contribution in [0.5, 0.6) is 0 Å². The highest BCUT2D eigenvalue weighted by Gasteiger charge is 2.11. The van der Waals surface area contributed by atoms with Crippen LogP contribution in [0.3, 0.4) is 0 Å². The highest BCUT2D eigenvalue weighted by atomic mass is 32.1. The Kier molecular flexibility index (Phi) is 5.60. The number of carbonyl (C=O) groups excluding carboxylic acids is 2. The first kappa shape index (κ1) is 18.0. The van der Waals surface area contributed by atoms with E-state index < -0.39 is 0 Å². The fraction of sp³-hybridized carbons (Fsp3) is 0.105. The minimum Gasteiger partial charge on any atom is -0.348 e. The zero-order valence-electron chi connectivity index (χ0n) is 14.1. The van der Waals surface area contributed by atoms with Crippen molar-refractivity contribution in [3.63, 3.8) is 0 Å². The number of thiazole rings is 1. The van der Waals surface area contributed by atoms with Crippen LogP contribution in [0.15, 0.2) is 54.4 Å². The predicted octanol–water partition coefficient (Wildman–Crippen LogP) is 4.23. The summed E-state index contributed by atoms with van der Waals surface area (Å²) in [6, 6.07) is 11.1. The summed E-state index contributed by atoms with van der Waals surface area (Å²) in [6.07, 6.45) is 1.22. The Morgan fingerprint density at radius 2 is 1.96 bits per heavy atom. The molecule has 2 aromatic heterocycles. The number of nitrogens with zero attached hydrogens (tertiary/aromatic N) is 1. The van der Waals surface area contributed by atoms with Crippen molar-refractivity contribution < 1.29 is 9.59 Å². The molecule has 2 heterocycles. The first-order chi connectivity index (χ1) is 12.5. The number of amides is 2. The molecule has 0 fully saturated rings. The molecule has 26 heavy (non-hydrogen) atoms. The number of rotatable bonds is 6. The number of aryl methyl sites for hydroxylation is 1. The number of hydrogen-bond donors (Lipinski definition) is 2. The van der Waals surface area contributed by atoms with Crippen molar-refractivity contribution in [1.29, 1.82) is 0 Å². The van der Waals surface area contributed by atoms with Gasteiger partial charge < -0.3 is 5.32 Å². The molecule has 7 heteroatoms. The molecule has 0 spiro atoms. The second-order valence-corrected chi connectivity index (χ2v) is 7.67. The lowest BCUT2D eigenvalue weighted by molar-refractivity contribution is -0.116. The summed E-state index contributed by atoms with van der Waals surface area (Å²) in [4.78, 5) is 30.3. The molecule has 0 atom stereocenters. The first-order valence-corrected chi connectivity index (χ1v) is 9.57. The molecule has 3 rings (SSSR count). The highest BCUT2D eigenvalue weighted by Crippen LogP contribution is 2.30. The number of thiophene rings is 1. The summed E-state index contributed by atoms with van der Waals surface area (Å²) >= 11 is 3.07. The molecular formula is C19H17N3O2S2. The van der Waals surface area contributed by atoms with Crippen molar-refractivity contribution in [3.05, 3.63) is 70.4 Å². The number of benzene rings is 1. The van der Waals surface area contributed by atoms with Crippen LogP contribution in [0, 0.1) is 6.92 Å². The average molecular weight is 383 g/mol. The Morgan fingerprint density at radius 3 is 2.62 bits per heavy atom. The molecule has 0 unspecified atom stereocenters. The number of aromatic nitrogens is 1. The third kappa shape index (κ3) is 4.44. The maximum atomic E-state index is 12.4. The van der Waals surface area contributed by atoms with Crippen molar-refractivity contribution in [2.24, 2.45) is 0 Å². The number of anilines is 1. The molecule has 0 radical (unpaired) electrons. The molecule has 2 N–H and O–H groups in total. The predicted molar refractivity (Wildman–Crippen MR) is 107 cm³/mol. The second kappa shape index (κ2) is 8.07. The summed E-state index contributed by atoms with van der Waals surface area (Å²) in [5.41, 5.74) is 2.31. The number of carbonyl (C=O) groups is 2. The van der Waals surface area contributed by atoms with Crippen LogP contribution in [0.2, 0.25) is 0 Å². The summed E-state index contributed by atoms with van der Waals surface area (Å²) < 4.78 is 0. The van der Waals surface area contributed by atoms with Gasteiger partial charge in [-0.05, 0) is 42.8 Å². The Hall–Kier alpha value is -2.77. The summed E-state index contributed by atoms with van der Waals surface area (Å²) in [5.74, 6) is -0.442. The minimum atomic E-state index is -0.229. The summed E-state index contributed by atoms with van der Waals surface area (Å²) in [5, 5.41) is 8.02. The van der Waals surface area contributed by atoms with Crippen molar-refractivity contribution in [1.82, 2.24) is 10.3 Å². The van der Waals surface area contributed by atoms with Gasteiger partial charge in [0.25, 0.3) is 5.91 Å². The maximum absolute atomic E-state index is 12.4. The van der Waals surface area contributed by atoms with Gasteiger partial charge in [-0.25, -0.2) is 4.98 Å². The molecule has 0 aliphatic heterocycles. The van der Waals surface area contributed by atoms with Crippen LogP contribution in [-0.2, 0) is 11.3 Å². The van der Waals surface area contributed by atoms with Gasteiger partial charge >= 0.3 is 0 Å². The zero-order chi connectivity index (χ0) is 18.5. The van der Waals surface area contributed by atoms with Crippen molar-refractivity contribution in [2.75, 3.05) is 5.32 Å². The smallest absolute Gasteiger partial charge is 0.257 e. The minimum absolute atomic E-state index is 0.213. The van der Waals surface area contributed by atoms with Crippen LogP contribution in [0.4, 0.5) is 5.13 Å². The Labute approximate surface area is 159 Å². The lowest BCUT2D eigenvalue weighted by Crippen LogP contribution is -2.20. The van der Waals surface area contributed by atoms with E-state index in [0.29, 0.717) is 17.2 Å². The van der Waals surface area contributed by atoms with Gasteiger partial charge in [-0.2, -0.15) is 0 Å². The third-order valence-corrected chi connectivity index (χ3v) is 5.37. The van der Waals surface area contributed by atoms with E-state index in [1.54, 1.807) is 35.6 Å². The standard InChI is InChI=1S/C19H17N3O2S2/c1-3-17(23)20-10-13-5-7-14(8-6-13)18(24)22-19-21-15(11-25-19)16-9-4-12(2)26-16/h3-9,11H,1,10H2,2H3,(H,20,23)(H,21,22,24). The maximum Gasteiger partial charge on any atom is 0.257 e. The summed E-state index contributed by atoms with van der Waals surface area (Å²) in [6.45, 7) is 5.85. The SMILES string of the molecule is C=CC(=O)NCc1ccc(C(=O)Nc2nc(-c3ccc(C)s3)cs2)cc1. The topological polar surface area (TPSA) is 71.1 Å². The summed E-state index contributed by atoms with van der Waals surface area (Å²) in [7, 11) is 0. The molecule has 5 nitrogen and oxygen atoms in total. The van der Waals surface area contributed by atoms with Gasteiger partial charge in [-0.1, -0.05) is 18.7 Å². The van der Waals surface area contributed by atoms with Crippen LogP contribution >= 0.6 is 22.7 Å². The number of nitrogens with one attached hydrogen (secondary N) is 2. The van der Waals surface area contributed by atoms with E-state index in [4.69, 9.17) is 0 Å². The average Bonchev–Trinajstić information content (AvgIpc) is 3.29. The van der Waals surface area contributed by atoms with Crippen LogP contribution in [-0.4, -0.2) is 16.8 Å². The second-order valence-electron chi connectivity index (χ2n) is 5.52. The van der Waals surface area contributed by atoms with E-state index in [9.17, 15) is 9.59 Å². The molecule has 0 saturated heterocycles. The monoisotopic (exact) mass is 383 g/mol. The number of hydrogen-bond acceptors (Lipinski definition) is 5.